The van der Waals surface area contributed by atoms with Crippen LogP contribution in [0.25, 0.3) is 11.3 Å². The van der Waals surface area contributed by atoms with E-state index in [1.807, 2.05) is 4.90 Å². The van der Waals surface area contributed by atoms with E-state index in [-0.39, 0.29) is 11.4 Å². The summed E-state index contributed by atoms with van der Waals surface area (Å²) in [6, 6.07) is 4.62. The van der Waals surface area contributed by atoms with Gasteiger partial charge in [0.15, 0.2) is 0 Å². The summed E-state index contributed by atoms with van der Waals surface area (Å²) in [6.07, 6.45) is 1.76. The van der Waals surface area contributed by atoms with E-state index in [1.54, 1.807) is 12.1 Å². The number of hydrogen-bond donors (Lipinski definition) is 1. The highest BCUT2D eigenvalue weighted by Crippen LogP contribution is 2.25. The van der Waals surface area contributed by atoms with Gasteiger partial charge in [-0.2, -0.15) is 4.39 Å². The van der Waals surface area contributed by atoms with E-state index >= 15 is 0 Å². The van der Waals surface area contributed by atoms with Crippen LogP contribution in [0.2, 0.25) is 5.28 Å². The van der Waals surface area contributed by atoms with Gasteiger partial charge in [0, 0.05) is 30.9 Å². The summed E-state index contributed by atoms with van der Waals surface area (Å²) in [4.78, 5) is 13.8. The van der Waals surface area contributed by atoms with Crippen molar-refractivity contribution in [3.63, 3.8) is 0 Å². The zero-order valence-electron chi connectivity index (χ0n) is 10.5. The Morgan fingerprint density at radius 3 is 2.85 bits per heavy atom. The van der Waals surface area contributed by atoms with Gasteiger partial charge >= 0.3 is 0 Å². The normalized spacial score (nSPS) is 18.6. The third kappa shape index (κ3) is 2.71. The lowest BCUT2D eigenvalue weighted by Gasteiger charge is -2.17. The molecule has 3 heterocycles. The molecule has 1 fully saturated rings. The molecule has 0 bridgehead atoms. The molecule has 1 N–H and O–H groups in total. The lowest BCUT2D eigenvalue weighted by molar-refractivity contribution is 0.198. The molecule has 0 aliphatic carbocycles. The molecule has 0 amide bonds. The van der Waals surface area contributed by atoms with Gasteiger partial charge in [-0.1, -0.05) is 0 Å². The van der Waals surface area contributed by atoms with E-state index in [2.05, 4.69) is 15.0 Å². The van der Waals surface area contributed by atoms with Crippen molar-refractivity contribution >= 4 is 17.4 Å². The average molecular weight is 295 g/mol. The fourth-order valence-corrected chi connectivity index (χ4v) is 2.37. The number of pyridine rings is 1. The Kier molecular flexibility index (Phi) is 3.50. The van der Waals surface area contributed by atoms with Gasteiger partial charge < -0.3 is 10.0 Å². The minimum atomic E-state index is -0.545. The Hall–Kier alpha value is -1.79. The van der Waals surface area contributed by atoms with Gasteiger partial charge in [-0.15, -0.1) is 0 Å². The smallest absolute Gasteiger partial charge is 0.224 e. The second-order valence-corrected chi connectivity index (χ2v) is 4.98. The van der Waals surface area contributed by atoms with Crippen LogP contribution in [-0.2, 0) is 0 Å². The molecule has 1 atom stereocenters. The molecule has 3 rings (SSSR count). The molecule has 7 heteroatoms. The quantitative estimate of drug-likeness (QED) is 0.677. The fourth-order valence-electron chi connectivity index (χ4n) is 2.19. The third-order valence-corrected chi connectivity index (χ3v) is 3.36. The number of halogens is 2. The fraction of sp³-hybridized carbons (Fsp3) is 0.308. The topological polar surface area (TPSA) is 62.1 Å². The van der Waals surface area contributed by atoms with E-state index in [0.717, 1.165) is 6.54 Å². The summed E-state index contributed by atoms with van der Waals surface area (Å²) in [5, 5.41) is 9.69. The lowest BCUT2D eigenvalue weighted by Crippen LogP contribution is -2.22. The van der Waals surface area contributed by atoms with Gasteiger partial charge in [-0.3, -0.25) is 0 Å². The minimum Gasteiger partial charge on any atom is -0.391 e. The molecular formula is C13H12ClFN4O. The van der Waals surface area contributed by atoms with Crippen LogP contribution in [0.4, 0.5) is 10.2 Å². The Balaban J connectivity index is 1.96. The number of anilines is 1. The van der Waals surface area contributed by atoms with Crippen LogP contribution in [0.5, 0.6) is 0 Å². The molecule has 0 aromatic carbocycles. The van der Waals surface area contributed by atoms with Crippen molar-refractivity contribution in [1.82, 2.24) is 15.0 Å². The Labute approximate surface area is 120 Å². The summed E-state index contributed by atoms with van der Waals surface area (Å²) in [6.45, 7) is 1.24. The molecule has 0 radical (unpaired) electrons. The van der Waals surface area contributed by atoms with Gasteiger partial charge in [-0.05, 0) is 30.2 Å². The molecule has 20 heavy (non-hydrogen) atoms. The SMILES string of the molecule is O[C@H]1CCN(c2cc(-c3ccc(F)nc3)nc(Cl)n2)C1. The molecule has 5 nitrogen and oxygen atoms in total. The second kappa shape index (κ2) is 5.30. The molecule has 2 aromatic rings. The number of aliphatic hydroxyl groups is 1. The van der Waals surface area contributed by atoms with Crippen LogP contribution in [-0.4, -0.2) is 39.3 Å². The van der Waals surface area contributed by atoms with Crippen LogP contribution in [0.3, 0.4) is 0 Å². The lowest BCUT2D eigenvalue weighted by atomic mass is 10.2. The minimum absolute atomic E-state index is 0.114. The van der Waals surface area contributed by atoms with Crippen LogP contribution in [0.1, 0.15) is 6.42 Å². The number of aliphatic hydroxyl groups excluding tert-OH is 1. The van der Waals surface area contributed by atoms with Crippen molar-refractivity contribution in [1.29, 1.82) is 0 Å². The predicted molar refractivity (Wildman–Crippen MR) is 73.1 cm³/mol. The Morgan fingerprint density at radius 2 is 2.20 bits per heavy atom. The van der Waals surface area contributed by atoms with Crippen LogP contribution in [0.15, 0.2) is 24.4 Å². The second-order valence-electron chi connectivity index (χ2n) is 4.64. The first-order chi connectivity index (χ1) is 9.61. The summed E-state index contributed by atoms with van der Waals surface area (Å²) in [5.41, 5.74) is 1.24. The van der Waals surface area contributed by atoms with Gasteiger partial charge in [0.2, 0.25) is 11.2 Å². The first-order valence-electron chi connectivity index (χ1n) is 6.21. The van der Waals surface area contributed by atoms with Crippen molar-refractivity contribution < 1.29 is 9.50 Å². The molecular weight excluding hydrogens is 283 g/mol. The summed E-state index contributed by atoms with van der Waals surface area (Å²) in [7, 11) is 0. The standard InChI is InChI=1S/C13H12ClFN4O/c14-13-17-10(8-1-2-11(15)16-6-8)5-12(18-13)19-4-3-9(20)7-19/h1-2,5-6,9,20H,3-4,7H2/t9-/m0/s1. The molecule has 0 saturated carbocycles. The first-order valence-corrected chi connectivity index (χ1v) is 6.59. The van der Waals surface area contributed by atoms with Crippen LogP contribution in [0, 0.1) is 5.95 Å². The summed E-state index contributed by atoms with van der Waals surface area (Å²) in [5.74, 6) is 0.109. The zero-order chi connectivity index (χ0) is 14.1. The maximum absolute atomic E-state index is 12.8. The van der Waals surface area contributed by atoms with Crippen molar-refractivity contribution in [3.05, 3.63) is 35.6 Å². The van der Waals surface area contributed by atoms with E-state index in [4.69, 9.17) is 11.6 Å². The maximum atomic E-state index is 12.8. The van der Waals surface area contributed by atoms with Crippen molar-refractivity contribution in [2.45, 2.75) is 12.5 Å². The van der Waals surface area contributed by atoms with E-state index in [1.165, 1.54) is 12.3 Å². The number of hydrogen-bond acceptors (Lipinski definition) is 5. The maximum Gasteiger partial charge on any atom is 0.224 e. The van der Waals surface area contributed by atoms with Gasteiger partial charge in [0.1, 0.15) is 5.82 Å². The highest BCUT2D eigenvalue weighted by Gasteiger charge is 2.22. The number of rotatable bonds is 2. The van der Waals surface area contributed by atoms with Gasteiger partial charge in [-0.25, -0.2) is 15.0 Å². The van der Waals surface area contributed by atoms with E-state index in [9.17, 15) is 9.50 Å². The van der Waals surface area contributed by atoms with Gasteiger partial charge in [0.25, 0.3) is 0 Å². The first kappa shape index (κ1) is 13.2. The molecule has 0 unspecified atom stereocenters. The van der Waals surface area contributed by atoms with Crippen molar-refractivity contribution in [2.75, 3.05) is 18.0 Å². The summed E-state index contributed by atoms with van der Waals surface area (Å²) < 4.78 is 12.8. The highest BCUT2D eigenvalue weighted by atomic mass is 35.5. The molecule has 1 saturated heterocycles. The zero-order valence-corrected chi connectivity index (χ0v) is 11.3. The van der Waals surface area contributed by atoms with Crippen LogP contribution < -0.4 is 4.90 Å². The van der Waals surface area contributed by atoms with Crippen LogP contribution >= 0.6 is 11.6 Å². The number of aromatic nitrogens is 3. The average Bonchev–Trinajstić information content (AvgIpc) is 2.85. The molecule has 2 aromatic heterocycles. The molecule has 0 spiro atoms. The van der Waals surface area contributed by atoms with Crippen molar-refractivity contribution in [3.8, 4) is 11.3 Å². The number of β-amino-alcohol motifs (C(OH)–C–C–N with tert-alkyl or cyclic N) is 1. The Morgan fingerprint density at radius 1 is 1.35 bits per heavy atom. The molecule has 1 aliphatic rings. The van der Waals surface area contributed by atoms with E-state index < -0.39 is 5.95 Å². The molecule has 1 aliphatic heterocycles. The van der Waals surface area contributed by atoms with Crippen molar-refractivity contribution in [2.24, 2.45) is 0 Å². The third-order valence-electron chi connectivity index (χ3n) is 3.20. The van der Waals surface area contributed by atoms with Gasteiger partial charge in [0.05, 0.1) is 11.8 Å². The molecule has 104 valence electrons. The number of nitrogens with zero attached hydrogens (tertiary/aromatic N) is 4. The highest BCUT2D eigenvalue weighted by molar-refractivity contribution is 6.28. The summed E-state index contributed by atoms with van der Waals surface area (Å²) >= 11 is 5.94. The largest absolute Gasteiger partial charge is 0.391 e. The van der Waals surface area contributed by atoms with E-state index in [0.29, 0.717) is 30.0 Å². The Bertz CT molecular complexity index is 622. The monoisotopic (exact) mass is 294 g/mol. The predicted octanol–water partition coefficient (Wildman–Crippen LogP) is 1.90.